The van der Waals surface area contributed by atoms with Crippen LogP contribution in [0, 0.1) is 6.92 Å². The molecule has 1 N–H and O–H groups in total. The summed E-state index contributed by atoms with van der Waals surface area (Å²) in [5.41, 5.74) is 0.160. The fraction of sp³-hybridized carbons (Fsp3) is 0.368. The molecule has 126 valence electrons. The second kappa shape index (κ2) is 6.61. The van der Waals surface area contributed by atoms with Crippen LogP contribution in [-0.4, -0.2) is 45.7 Å². The van der Waals surface area contributed by atoms with Crippen LogP contribution in [-0.2, 0) is 0 Å². The number of hydrogen-bond donors (Lipinski definition) is 1. The average molecular weight is 326 g/mol. The van der Waals surface area contributed by atoms with Crippen LogP contribution in [0.25, 0.3) is 0 Å². The maximum absolute atomic E-state index is 12.7. The number of benzene rings is 1. The van der Waals surface area contributed by atoms with Crippen LogP contribution in [0.2, 0.25) is 0 Å². The molecule has 0 saturated carbocycles. The molecule has 2 heterocycles. The van der Waals surface area contributed by atoms with Crippen LogP contribution in [0.3, 0.4) is 0 Å². The van der Waals surface area contributed by atoms with Gasteiger partial charge in [0.25, 0.3) is 5.91 Å². The van der Waals surface area contributed by atoms with Crippen LogP contribution in [0.5, 0.6) is 5.75 Å². The molecule has 0 unspecified atom stereocenters. The van der Waals surface area contributed by atoms with Crippen molar-refractivity contribution in [3.63, 3.8) is 0 Å². The average Bonchev–Trinajstić information content (AvgIpc) is 2.57. The SMILES string of the molecule is Cc1cccnc1C(=O)N1CC[C@H](Oc2ccccc2)[C@@](C)(O)C1. The fourth-order valence-corrected chi connectivity index (χ4v) is 3.03. The number of carbonyl (C=O) groups excluding carboxylic acids is 1. The van der Waals surface area contributed by atoms with E-state index in [1.54, 1.807) is 18.0 Å². The first-order valence-electron chi connectivity index (χ1n) is 8.12. The predicted molar refractivity (Wildman–Crippen MR) is 91.0 cm³/mol. The number of nitrogens with zero attached hydrogens (tertiary/aromatic N) is 2. The Morgan fingerprint density at radius 2 is 2.04 bits per heavy atom. The molecule has 0 bridgehead atoms. The number of pyridine rings is 1. The van der Waals surface area contributed by atoms with Crippen LogP contribution >= 0.6 is 0 Å². The molecule has 2 atom stereocenters. The number of hydrogen-bond acceptors (Lipinski definition) is 4. The zero-order valence-electron chi connectivity index (χ0n) is 14.0. The molecule has 1 aliphatic rings. The molecule has 24 heavy (non-hydrogen) atoms. The van der Waals surface area contributed by atoms with Gasteiger partial charge in [-0.25, -0.2) is 0 Å². The summed E-state index contributed by atoms with van der Waals surface area (Å²) >= 11 is 0. The van der Waals surface area contributed by atoms with E-state index in [1.165, 1.54) is 0 Å². The number of β-amino-alcohol motifs (C(OH)–C–C–N with tert-alkyl or cyclic N) is 1. The standard InChI is InChI=1S/C19H22N2O3/c1-14-7-6-11-20-17(14)18(22)21-12-10-16(19(2,23)13-21)24-15-8-4-3-5-9-15/h3-9,11,16,23H,10,12-13H2,1-2H3/t16-,19-/m0/s1. The van der Waals surface area contributed by atoms with Crippen molar-refractivity contribution in [2.45, 2.75) is 32.0 Å². The van der Waals surface area contributed by atoms with Crippen molar-refractivity contribution >= 4 is 5.91 Å². The van der Waals surface area contributed by atoms with Crippen molar-refractivity contribution in [1.82, 2.24) is 9.88 Å². The highest BCUT2D eigenvalue weighted by molar-refractivity contribution is 5.93. The van der Waals surface area contributed by atoms with E-state index in [2.05, 4.69) is 4.98 Å². The zero-order valence-corrected chi connectivity index (χ0v) is 14.0. The van der Waals surface area contributed by atoms with Crippen LogP contribution in [0.1, 0.15) is 29.4 Å². The Hall–Kier alpha value is -2.40. The normalized spacial score (nSPS) is 23.8. The third kappa shape index (κ3) is 3.41. The number of carbonyl (C=O) groups is 1. The second-order valence-electron chi connectivity index (χ2n) is 6.46. The minimum absolute atomic E-state index is 0.147. The number of aromatic nitrogens is 1. The molecule has 3 rings (SSSR count). The van der Waals surface area contributed by atoms with E-state index in [1.807, 2.05) is 49.4 Å². The smallest absolute Gasteiger partial charge is 0.272 e. The Balaban J connectivity index is 1.71. The molecular formula is C19H22N2O3. The first-order chi connectivity index (χ1) is 11.5. The molecule has 1 fully saturated rings. The van der Waals surface area contributed by atoms with Crippen molar-refractivity contribution in [2.75, 3.05) is 13.1 Å². The Labute approximate surface area is 141 Å². The lowest BCUT2D eigenvalue weighted by Crippen LogP contribution is -2.58. The van der Waals surface area contributed by atoms with Gasteiger partial charge < -0.3 is 14.7 Å². The minimum Gasteiger partial charge on any atom is -0.487 e. The largest absolute Gasteiger partial charge is 0.487 e. The number of para-hydroxylation sites is 1. The highest BCUT2D eigenvalue weighted by Crippen LogP contribution is 2.27. The van der Waals surface area contributed by atoms with E-state index >= 15 is 0 Å². The lowest BCUT2D eigenvalue weighted by atomic mass is 9.91. The maximum Gasteiger partial charge on any atom is 0.272 e. The highest BCUT2D eigenvalue weighted by atomic mass is 16.5. The number of ether oxygens (including phenoxy) is 1. The van der Waals surface area contributed by atoms with Crippen LogP contribution < -0.4 is 4.74 Å². The zero-order chi connectivity index (χ0) is 17.2. The van der Waals surface area contributed by atoms with Gasteiger partial charge in [-0.05, 0) is 37.6 Å². The molecule has 0 aliphatic carbocycles. The van der Waals surface area contributed by atoms with Gasteiger partial charge in [0.1, 0.15) is 23.1 Å². The van der Waals surface area contributed by atoms with Crippen molar-refractivity contribution in [1.29, 1.82) is 0 Å². The monoisotopic (exact) mass is 326 g/mol. The number of piperidine rings is 1. The first-order valence-corrected chi connectivity index (χ1v) is 8.12. The second-order valence-corrected chi connectivity index (χ2v) is 6.46. The topological polar surface area (TPSA) is 62.7 Å². The Kier molecular flexibility index (Phi) is 4.53. The summed E-state index contributed by atoms with van der Waals surface area (Å²) in [5, 5.41) is 10.8. The quantitative estimate of drug-likeness (QED) is 0.941. The van der Waals surface area contributed by atoms with E-state index in [0.29, 0.717) is 18.7 Å². The van der Waals surface area contributed by atoms with E-state index in [9.17, 15) is 9.90 Å². The molecule has 1 saturated heterocycles. The van der Waals surface area contributed by atoms with Gasteiger partial charge in [0.05, 0.1) is 6.54 Å². The molecule has 1 aromatic carbocycles. The first kappa shape index (κ1) is 16.5. The summed E-state index contributed by atoms with van der Waals surface area (Å²) in [7, 11) is 0. The van der Waals surface area contributed by atoms with E-state index in [-0.39, 0.29) is 18.6 Å². The van der Waals surface area contributed by atoms with Crippen molar-refractivity contribution < 1.29 is 14.6 Å². The summed E-state index contributed by atoms with van der Waals surface area (Å²) in [5.74, 6) is 0.578. The van der Waals surface area contributed by atoms with E-state index in [0.717, 1.165) is 11.3 Å². The minimum atomic E-state index is -1.12. The Morgan fingerprint density at radius 1 is 1.29 bits per heavy atom. The Morgan fingerprint density at radius 3 is 2.71 bits per heavy atom. The van der Waals surface area contributed by atoms with Gasteiger partial charge in [0.2, 0.25) is 0 Å². The van der Waals surface area contributed by atoms with Gasteiger partial charge in [-0.3, -0.25) is 9.78 Å². The molecule has 5 nitrogen and oxygen atoms in total. The third-order valence-electron chi connectivity index (χ3n) is 4.39. The van der Waals surface area contributed by atoms with Crippen LogP contribution in [0.4, 0.5) is 0 Å². The molecular weight excluding hydrogens is 304 g/mol. The summed E-state index contributed by atoms with van der Waals surface area (Å²) in [4.78, 5) is 18.5. The lowest BCUT2D eigenvalue weighted by molar-refractivity contribution is -0.0900. The molecule has 1 aliphatic heterocycles. The van der Waals surface area contributed by atoms with Crippen LogP contribution in [0.15, 0.2) is 48.7 Å². The molecule has 1 amide bonds. The van der Waals surface area contributed by atoms with E-state index < -0.39 is 5.60 Å². The highest BCUT2D eigenvalue weighted by Gasteiger charge is 2.41. The van der Waals surface area contributed by atoms with Crippen molar-refractivity contribution in [2.24, 2.45) is 0 Å². The van der Waals surface area contributed by atoms with Crippen molar-refractivity contribution in [3.8, 4) is 5.75 Å². The number of aliphatic hydroxyl groups is 1. The number of amides is 1. The molecule has 5 heteroatoms. The van der Waals surface area contributed by atoms with Gasteiger partial charge in [-0.15, -0.1) is 0 Å². The molecule has 2 aromatic rings. The Bertz CT molecular complexity index is 716. The predicted octanol–water partition coefficient (Wildman–Crippen LogP) is 2.43. The summed E-state index contributed by atoms with van der Waals surface area (Å²) < 4.78 is 5.92. The number of likely N-dealkylation sites (tertiary alicyclic amines) is 1. The van der Waals surface area contributed by atoms with Gasteiger partial charge in [-0.2, -0.15) is 0 Å². The molecule has 1 aromatic heterocycles. The number of aryl methyl sites for hydroxylation is 1. The summed E-state index contributed by atoms with van der Waals surface area (Å²) in [6, 6.07) is 13.1. The van der Waals surface area contributed by atoms with Gasteiger partial charge in [0.15, 0.2) is 0 Å². The lowest BCUT2D eigenvalue weighted by Gasteiger charge is -2.42. The van der Waals surface area contributed by atoms with Gasteiger partial charge in [0, 0.05) is 19.2 Å². The molecule has 0 spiro atoms. The number of rotatable bonds is 3. The summed E-state index contributed by atoms with van der Waals surface area (Å²) in [6.07, 6.45) is 1.83. The van der Waals surface area contributed by atoms with Gasteiger partial charge in [-0.1, -0.05) is 24.3 Å². The third-order valence-corrected chi connectivity index (χ3v) is 4.39. The summed E-state index contributed by atoms with van der Waals surface area (Å²) in [6.45, 7) is 4.33. The molecule has 0 radical (unpaired) electrons. The van der Waals surface area contributed by atoms with Gasteiger partial charge >= 0.3 is 0 Å². The maximum atomic E-state index is 12.7. The fourth-order valence-electron chi connectivity index (χ4n) is 3.03. The van der Waals surface area contributed by atoms with E-state index in [4.69, 9.17) is 4.74 Å². The van der Waals surface area contributed by atoms with Crippen molar-refractivity contribution in [3.05, 3.63) is 59.9 Å².